The van der Waals surface area contributed by atoms with Crippen LogP contribution in [0.1, 0.15) is 106 Å². The second-order valence-electron chi connectivity index (χ2n) is 15.7. The molecule has 4 fully saturated rings. The maximum Gasteiger partial charge on any atom is 0.251 e. The zero-order chi connectivity index (χ0) is 28.8. The molecule has 0 aliphatic heterocycles. The first-order chi connectivity index (χ1) is 18.0. The van der Waals surface area contributed by atoms with Crippen LogP contribution in [0.2, 0.25) is 0 Å². The minimum atomic E-state index is -0.483. The molecule has 0 bridgehead atoms. The molecule has 0 spiro atoms. The summed E-state index contributed by atoms with van der Waals surface area (Å²) in [6.07, 6.45) is 11.1. The molecule has 0 aromatic carbocycles. The van der Waals surface area contributed by atoms with Crippen LogP contribution in [0, 0.1) is 50.2 Å². The SMILES string of the molecule is CON=C1CC[C@@]2(C)C(CC[C@]3(C)[C@@H]2C(=O)C=C2[C@@H]4C[C@@](C)(C(=O)N(C)OC)CC[C@]4(C)CC[C@]23C)C1(C)C. The van der Waals surface area contributed by atoms with Crippen molar-refractivity contribution in [2.75, 3.05) is 21.3 Å². The first kappa shape index (κ1) is 28.8. The van der Waals surface area contributed by atoms with Crippen molar-refractivity contribution in [3.63, 3.8) is 0 Å². The number of carbonyl (C=O) groups excluding carboxylic acids is 2. The summed E-state index contributed by atoms with van der Waals surface area (Å²) in [6, 6.07) is 0. The lowest BCUT2D eigenvalue weighted by Crippen LogP contribution is -2.66. The molecule has 0 radical (unpaired) electrons. The third kappa shape index (κ3) is 3.71. The van der Waals surface area contributed by atoms with E-state index in [1.807, 2.05) is 0 Å². The fourth-order valence-electron chi connectivity index (χ4n) is 10.9. The Morgan fingerprint density at radius 1 is 0.974 bits per heavy atom. The minimum Gasteiger partial charge on any atom is -0.399 e. The second-order valence-corrected chi connectivity index (χ2v) is 15.7. The van der Waals surface area contributed by atoms with E-state index in [1.54, 1.807) is 21.3 Å². The number of nitrogens with zero attached hydrogens (tertiary/aromatic N) is 2. The van der Waals surface area contributed by atoms with E-state index in [0.717, 1.165) is 63.5 Å². The van der Waals surface area contributed by atoms with Gasteiger partial charge < -0.3 is 4.84 Å². The summed E-state index contributed by atoms with van der Waals surface area (Å²) < 4.78 is 0. The molecular weight excluding hydrogens is 488 g/mol. The monoisotopic (exact) mass is 540 g/mol. The first-order valence-electron chi connectivity index (χ1n) is 15.2. The summed E-state index contributed by atoms with van der Waals surface area (Å²) >= 11 is 0. The van der Waals surface area contributed by atoms with Crippen molar-refractivity contribution in [1.82, 2.24) is 5.06 Å². The molecular formula is C33H52N2O4. The molecule has 6 heteroatoms. The highest BCUT2D eigenvalue weighted by Crippen LogP contribution is 2.75. The topological polar surface area (TPSA) is 68.2 Å². The van der Waals surface area contributed by atoms with Gasteiger partial charge in [-0.25, -0.2) is 5.06 Å². The predicted octanol–water partition coefficient (Wildman–Crippen LogP) is 6.99. The Labute approximate surface area is 236 Å². The zero-order valence-corrected chi connectivity index (χ0v) is 26.2. The summed E-state index contributed by atoms with van der Waals surface area (Å²) in [5.74, 6) is 1.01. The van der Waals surface area contributed by atoms with Gasteiger partial charge in [0.05, 0.1) is 12.8 Å². The Morgan fingerprint density at radius 3 is 2.28 bits per heavy atom. The molecule has 1 amide bonds. The lowest BCUT2D eigenvalue weighted by atomic mass is 9.33. The lowest BCUT2D eigenvalue weighted by molar-refractivity contribution is -0.188. The van der Waals surface area contributed by atoms with E-state index in [-0.39, 0.29) is 44.8 Å². The Morgan fingerprint density at radius 2 is 1.64 bits per heavy atom. The number of amides is 1. The van der Waals surface area contributed by atoms with Crippen LogP contribution in [0.4, 0.5) is 0 Å². The van der Waals surface area contributed by atoms with Crippen molar-refractivity contribution in [3.8, 4) is 0 Å². The Bertz CT molecular complexity index is 1130. The number of hydrogen-bond donors (Lipinski definition) is 0. The normalized spacial score (nSPS) is 47.7. The van der Waals surface area contributed by atoms with Crippen molar-refractivity contribution in [2.45, 2.75) is 106 Å². The quantitative estimate of drug-likeness (QED) is 0.362. The van der Waals surface area contributed by atoms with Crippen LogP contribution in [0.25, 0.3) is 0 Å². The van der Waals surface area contributed by atoms with E-state index < -0.39 is 5.41 Å². The van der Waals surface area contributed by atoms with E-state index in [9.17, 15) is 9.59 Å². The predicted molar refractivity (Wildman–Crippen MR) is 154 cm³/mol. The summed E-state index contributed by atoms with van der Waals surface area (Å²) in [5, 5.41) is 5.86. The van der Waals surface area contributed by atoms with Gasteiger partial charge in [0.15, 0.2) is 5.78 Å². The summed E-state index contributed by atoms with van der Waals surface area (Å²) in [5.41, 5.74) is 1.80. The zero-order valence-electron chi connectivity index (χ0n) is 26.2. The molecule has 0 saturated heterocycles. The van der Waals surface area contributed by atoms with E-state index in [0.29, 0.717) is 11.7 Å². The Hall–Kier alpha value is -1.69. The molecule has 0 heterocycles. The largest absolute Gasteiger partial charge is 0.399 e. The minimum absolute atomic E-state index is 0.00135. The fourth-order valence-corrected chi connectivity index (χ4v) is 10.9. The Balaban J connectivity index is 1.58. The van der Waals surface area contributed by atoms with Gasteiger partial charge in [-0.15, -0.1) is 0 Å². The highest BCUT2D eigenvalue weighted by Gasteiger charge is 2.70. The molecule has 0 aromatic rings. The van der Waals surface area contributed by atoms with Crippen LogP contribution < -0.4 is 0 Å². The third-order valence-corrected chi connectivity index (χ3v) is 13.6. The van der Waals surface area contributed by atoms with Gasteiger partial charge in [0, 0.05) is 23.8 Å². The van der Waals surface area contributed by atoms with Gasteiger partial charge in [0.25, 0.3) is 5.91 Å². The summed E-state index contributed by atoms with van der Waals surface area (Å²) in [4.78, 5) is 38.5. The molecule has 4 saturated carbocycles. The summed E-state index contributed by atoms with van der Waals surface area (Å²) in [7, 11) is 4.92. The third-order valence-electron chi connectivity index (χ3n) is 13.6. The molecule has 1 unspecified atom stereocenters. The van der Waals surface area contributed by atoms with Gasteiger partial charge in [-0.3, -0.25) is 14.4 Å². The number of rotatable bonds is 3. The molecule has 6 nitrogen and oxygen atoms in total. The van der Waals surface area contributed by atoms with Crippen molar-refractivity contribution >= 4 is 17.4 Å². The lowest BCUT2D eigenvalue weighted by Gasteiger charge is -2.70. The molecule has 8 atom stereocenters. The van der Waals surface area contributed by atoms with E-state index in [2.05, 4.69) is 59.7 Å². The number of allylic oxidation sites excluding steroid dienone is 2. The molecule has 5 rings (SSSR count). The van der Waals surface area contributed by atoms with Gasteiger partial charge in [0.2, 0.25) is 0 Å². The van der Waals surface area contributed by atoms with Crippen LogP contribution in [0.3, 0.4) is 0 Å². The average molecular weight is 541 g/mol. The van der Waals surface area contributed by atoms with Crippen LogP contribution in [-0.2, 0) is 19.3 Å². The van der Waals surface area contributed by atoms with E-state index >= 15 is 0 Å². The number of hydrogen-bond acceptors (Lipinski definition) is 5. The number of hydroxylamine groups is 2. The van der Waals surface area contributed by atoms with E-state index in [1.165, 1.54) is 10.6 Å². The molecule has 218 valence electrons. The van der Waals surface area contributed by atoms with Crippen LogP contribution >= 0.6 is 0 Å². The first-order valence-corrected chi connectivity index (χ1v) is 15.2. The summed E-state index contributed by atoms with van der Waals surface area (Å²) in [6.45, 7) is 16.5. The maximum atomic E-state index is 14.5. The smallest absolute Gasteiger partial charge is 0.251 e. The number of oxime groups is 1. The van der Waals surface area contributed by atoms with Gasteiger partial charge in [-0.1, -0.05) is 59.2 Å². The van der Waals surface area contributed by atoms with Crippen molar-refractivity contribution in [1.29, 1.82) is 0 Å². The average Bonchev–Trinajstić information content (AvgIpc) is 2.87. The molecule has 0 N–H and O–H groups in total. The maximum absolute atomic E-state index is 14.5. The highest BCUT2D eigenvalue weighted by molar-refractivity contribution is 5.97. The number of carbonyl (C=O) groups is 2. The van der Waals surface area contributed by atoms with Crippen LogP contribution in [0.5, 0.6) is 0 Å². The Kier molecular flexibility index (Phi) is 6.58. The van der Waals surface area contributed by atoms with Crippen LogP contribution in [0.15, 0.2) is 16.8 Å². The fraction of sp³-hybridized carbons (Fsp3) is 0.848. The van der Waals surface area contributed by atoms with E-state index in [4.69, 9.17) is 9.68 Å². The molecule has 39 heavy (non-hydrogen) atoms. The second kappa shape index (κ2) is 8.90. The van der Waals surface area contributed by atoms with Crippen molar-refractivity contribution in [2.24, 2.45) is 55.4 Å². The molecule has 0 aromatic heterocycles. The van der Waals surface area contributed by atoms with Crippen molar-refractivity contribution < 1.29 is 19.3 Å². The number of fused-ring (bicyclic) bond motifs is 7. The van der Waals surface area contributed by atoms with Gasteiger partial charge in [0.1, 0.15) is 7.11 Å². The van der Waals surface area contributed by atoms with Crippen molar-refractivity contribution in [3.05, 3.63) is 11.6 Å². The molecule has 5 aliphatic rings. The van der Waals surface area contributed by atoms with Gasteiger partial charge in [-0.05, 0) is 97.4 Å². The standard InChI is InChI=1S/C33H52N2O4/c1-28(2)24-11-14-33(7)26(31(24,5)13-12-25(28)34-38-9)23(36)19-21-22-20-30(4,27(37)35(8)39-10)16-15-29(22,3)17-18-32(21,33)6/h19,22,24,26H,11-18,20H2,1-10H3/t22-,24?,26+,29+,30-,31-,32+,33+/m0/s1. The van der Waals surface area contributed by atoms with Gasteiger partial charge in [-0.2, -0.15) is 0 Å². The number of ketones is 1. The highest BCUT2D eigenvalue weighted by atomic mass is 16.7. The van der Waals surface area contributed by atoms with Crippen LogP contribution in [-0.4, -0.2) is 43.7 Å². The van der Waals surface area contributed by atoms with Gasteiger partial charge >= 0.3 is 0 Å². The molecule has 5 aliphatic carbocycles.